The number of rotatable bonds is 4. The smallest absolute Gasteiger partial charge is 0.263 e. The van der Waals surface area contributed by atoms with Gasteiger partial charge in [-0.05, 0) is 31.6 Å². The van der Waals surface area contributed by atoms with Crippen LogP contribution < -0.4 is 0 Å². The molecule has 1 aliphatic carbocycles. The average molecular weight is 348 g/mol. The third-order valence-electron chi connectivity index (χ3n) is 3.74. The van der Waals surface area contributed by atoms with Gasteiger partial charge in [0.1, 0.15) is 0 Å². The molecule has 0 bridgehead atoms. The van der Waals surface area contributed by atoms with Crippen LogP contribution in [-0.4, -0.2) is 61.5 Å². The SMILES string of the molecule is CN(C)CCN(C)C(=O)c1cc2c(s1)C(=O)c1sccc1C2=O. The Labute approximate surface area is 142 Å². The Balaban J connectivity index is 1.89. The Morgan fingerprint density at radius 2 is 1.78 bits per heavy atom. The summed E-state index contributed by atoms with van der Waals surface area (Å²) in [5.41, 5.74) is 0.806. The molecule has 0 saturated heterocycles. The zero-order chi connectivity index (χ0) is 16.7. The molecule has 2 aromatic rings. The lowest BCUT2D eigenvalue weighted by atomic mass is 9.95. The number of nitrogens with zero attached hydrogens (tertiary/aromatic N) is 2. The molecule has 0 radical (unpaired) electrons. The summed E-state index contributed by atoms with van der Waals surface area (Å²) in [4.78, 5) is 42.3. The standard InChI is InChI=1S/C16H16N2O3S2/c1-17(2)5-6-18(3)16(21)11-8-10-12(19)9-4-7-22-14(9)13(20)15(10)23-11/h4,7-8H,5-6H2,1-3H3. The lowest BCUT2D eigenvalue weighted by Gasteiger charge is -2.18. The first-order valence-corrected chi connectivity index (χ1v) is 8.80. The van der Waals surface area contributed by atoms with E-state index in [4.69, 9.17) is 0 Å². The highest BCUT2D eigenvalue weighted by atomic mass is 32.1. The molecular weight excluding hydrogens is 332 g/mol. The Morgan fingerprint density at radius 3 is 2.48 bits per heavy atom. The summed E-state index contributed by atoms with van der Waals surface area (Å²) in [5, 5.41) is 1.75. The maximum Gasteiger partial charge on any atom is 0.263 e. The Bertz CT molecular complexity index is 756. The van der Waals surface area contributed by atoms with Crippen LogP contribution in [0.5, 0.6) is 0 Å². The van der Waals surface area contributed by atoms with Crippen molar-refractivity contribution in [1.82, 2.24) is 9.80 Å². The van der Waals surface area contributed by atoms with Gasteiger partial charge in [0.25, 0.3) is 5.91 Å². The minimum absolute atomic E-state index is 0.149. The van der Waals surface area contributed by atoms with E-state index in [1.165, 1.54) is 11.3 Å². The molecule has 0 N–H and O–H groups in total. The lowest BCUT2D eigenvalue weighted by molar-refractivity contribution is 0.0791. The number of carbonyl (C=O) groups excluding carboxylic acids is 3. The second-order valence-corrected chi connectivity index (χ2v) is 7.67. The number of hydrogen-bond donors (Lipinski definition) is 0. The number of fused-ring (bicyclic) bond motifs is 2. The third-order valence-corrected chi connectivity index (χ3v) is 5.77. The van der Waals surface area contributed by atoms with Crippen molar-refractivity contribution in [2.24, 2.45) is 0 Å². The van der Waals surface area contributed by atoms with E-state index in [-0.39, 0.29) is 17.5 Å². The largest absolute Gasteiger partial charge is 0.340 e. The van der Waals surface area contributed by atoms with E-state index < -0.39 is 0 Å². The Kier molecular flexibility index (Phi) is 4.18. The first-order valence-electron chi connectivity index (χ1n) is 7.11. The van der Waals surface area contributed by atoms with Crippen LogP contribution in [0.1, 0.15) is 40.1 Å². The number of amides is 1. The maximum absolute atomic E-state index is 12.5. The number of likely N-dealkylation sites (N-methyl/N-ethyl adjacent to an activating group) is 2. The number of ketones is 2. The highest BCUT2D eigenvalue weighted by molar-refractivity contribution is 7.19. The lowest BCUT2D eigenvalue weighted by Crippen LogP contribution is -2.33. The van der Waals surface area contributed by atoms with Gasteiger partial charge in [0, 0.05) is 31.3 Å². The molecule has 0 aromatic carbocycles. The van der Waals surface area contributed by atoms with Crippen molar-refractivity contribution in [2.75, 3.05) is 34.2 Å². The summed E-state index contributed by atoms with van der Waals surface area (Å²) in [6.45, 7) is 1.34. The van der Waals surface area contributed by atoms with E-state index >= 15 is 0 Å². The summed E-state index contributed by atoms with van der Waals surface area (Å²) >= 11 is 2.39. The molecule has 0 atom stereocenters. The molecule has 0 spiro atoms. The fraction of sp³-hybridized carbons (Fsp3) is 0.312. The van der Waals surface area contributed by atoms with Gasteiger partial charge < -0.3 is 9.80 Å². The summed E-state index contributed by atoms with van der Waals surface area (Å²) in [7, 11) is 5.61. The summed E-state index contributed by atoms with van der Waals surface area (Å²) in [5.74, 6) is -0.470. The molecule has 0 saturated carbocycles. The molecule has 0 aliphatic heterocycles. The minimum atomic E-state index is -0.165. The molecule has 120 valence electrons. The van der Waals surface area contributed by atoms with Gasteiger partial charge >= 0.3 is 0 Å². The van der Waals surface area contributed by atoms with Gasteiger partial charge in [-0.1, -0.05) is 0 Å². The molecular formula is C16H16N2O3S2. The number of hydrogen-bond acceptors (Lipinski definition) is 6. The van der Waals surface area contributed by atoms with Gasteiger partial charge in [-0.25, -0.2) is 0 Å². The van der Waals surface area contributed by atoms with Gasteiger partial charge in [0.15, 0.2) is 5.78 Å². The first kappa shape index (κ1) is 16.0. The fourth-order valence-electron chi connectivity index (χ4n) is 2.39. The Morgan fingerprint density at radius 1 is 1.04 bits per heavy atom. The summed E-state index contributed by atoms with van der Waals surface area (Å²) in [6.07, 6.45) is 0. The average Bonchev–Trinajstić information content (AvgIpc) is 3.16. The molecule has 0 unspecified atom stereocenters. The van der Waals surface area contributed by atoms with Crippen molar-refractivity contribution in [3.63, 3.8) is 0 Å². The third kappa shape index (κ3) is 2.75. The van der Waals surface area contributed by atoms with Crippen LogP contribution >= 0.6 is 22.7 Å². The van der Waals surface area contributed by atoms with Crippen LogP contribution in [0.15, 0.2) is 17.5 Å². The molecule has 0 fully saturated rings. The molecule has 1 aliphatic rings. The van der Waals surface area contributed by atoms with E-state index in [0.29, 0.717) is 32.3 Å². The second kappa shape index (κ2) is 5.99. The zero-order valence-corrected chi connectivity index (χ0v) is 14.7. The van der Waals surface area contributed by atoms with Crippen molar-refractivity contribution in [2.45, 2.75) is 0 Å². The van der Waals surface area contributed by atoms with Crippen LogP contribution in [0.4, 0.5) is 0 Å². The van der Waals surface area contributed by atoms with E-state index in [9.17, 15) is 14.4 Å². The van der Waals surface area contributed by atoms with E-state index in [1.54, 1.807) is 29.5 Å². The topological polar surface area (TPSA) is 57.7 Å². The predicted octanol–water partition coefficient (Wildman–Crippen LogP) is 2.22. The second-order valence-electron chi connectivity index (χ2n) is 5.71. The number of carbonyl (C=O) groups is 3. The van der Waals surface area contributed by atoms with Gasteiger partial charge in [0.2, 0.25) is 5.78 Å². The molecule has 3 rings (SSSR count). The highest BCUT2D eigenvalue weighted by Crippen LogP contribution is 2.35. The summed E-state index contributed by atoms with van der Waals surface area (Å²) in [6, 6.07) is 3.24. The van der Waals surface area contributed by atoms with Crippen LogP contribution in [-0.2, 0) is 0 Å². The highest BCUT2D eigenvalue weighted by Gasteiger charge is 2.34. The summed E-state index contributed by atoms with van der Waals surface area (Å²) < 4.78 is 0. The van der Waals surface area contributed by atoms with E-state index in [0.717, 1.165) is 17.9 Å². The number of thiophene rings is 2. The van der Waals surface area contributed by atoms with Crippen molar-refractivity contribution in [1.29, 1.82) is 0 Å². The van der Waals surface area contributed by atoms with Crippen LogP contribution in [0.25, 0.3) is 0 Å². The van der Waals surface area contributed by atoms with Crippen molar-refractivity contribution >= 4 is 40.1 Å². The van der Waals surface area contributed by atoms with E-state index in [2.05, 4.69) is 0 Å². The minimum Gasteiger partial charge on any atom is -0.340 e. The molecule has 23 heavy (non-hydrogen) atoms. The van der Waals surface area contributed by atoms with Gasteiger partial charge in [0.05, 0.1) is 14.6 Å². The normalized spacial score (nSPS) is 13.2. The van der Waals surface area contributed by atoms with Crippen LogP contribution in [0.2, 0.25) is 0 Å². The molecule has 1 amide bonds. The van der Waals surface area contributed by atoms with Crippen molar-refractivity contribution in [3.8, 4) is 0 Å². The fourth-order valence-corrected chi connectivity index (χ4v) is 4.38. The zero-order valence-electron chi connectivity index (χ0n) is 13.1. The van der Waals surface area contributed by atoms with Gasteiger partial charge in [-0.15, -0.1) is 22.7 Å². The monoisotopic (exact) mass is 348 g/mol. The van der Waals surface area contributed by atoms with Crippen molar-refractivity contribution < 1.29 is 14.4 Å². The molecule has 2 aromatic heterocycles. The molecule has 2 heterocycles. The van der Waals surface area contributed by atoms with Gasteiger partial charge in [-0.3, -0.25) is 14.4 Å². The van der Waals surface area contributed by atoms with Crippen molar-refractivity contribution in [3.05, 3.63) is 43.3 Å². The Hall–Kier alpha value is -1.83. The molecule has 7 heteroatoms. The van der Waals surface area contributed by atoms with E-state index in [1.807, 2.05) is 19.0 Å². The molecule has 5 nitrogen and oxygen atoms in total. The van der Waals surface area contributed by atoms with Crippen LogP contribution in [0, 0.1) is 0 Å². The first-order chi connectivity index (χ1) is 10.9. The quantitative estimate of drug-likeness (QED) is 0.725. The maximum atomic E-state index is 12.5. The predicted molar refractivity (Wildman–Crippen MR) is 91.0 cm³/mol. The van der Waals surface area contributed by atoms with Gasteiger partial charge in [-0.2, -0.15) is 0 Å². The van der Waals surface area contributed by atoms with Crippen LogP contribution in [0.3, 0.4) is 0 Å².